The SMILES string of the molecule is O=C1CC=Nn2c1cc1cc(CO)c(CO)cc12. The Labute approximate surface area is 103 Å². The zero-order valence-electron chi connectivity index (χ0n) is 9.63. The molecule has 5 nitrogen and oxygen atoms in total. The van der Waals surface area contributed by atoms with E-state index in [1.165, 1.54) is 0 Å². The Hall–Kier alpha value is -1.98. The molecule has 1 aliphatic heterocycles. The van der Waals surface area contributed by atoms with Crippen LogP contribution in [0.5, 0.6) is 0 Å². The summed E-state index contributed by atoms with van der Waals surface area (Å²) in [6, 6.07) is 5.32. The van der Waals surface area contributed by atoms with E-state index in [0.717, 1.165) is 10.9 Å². The number of Topliss-reactive ketones (excluding diaryl/α,β-unsaturated/α-hetero) is 1. The monoisotopic (exact) mass is 244 g/mol. The Morgan fingerprint density at radius 1 is 1.17 bits per heavy atom. The predicted molar refractivity (Wildman–Crippen MR) is 66.6 cm³/mol. The van der Waals surface area contributed by atoms with Gasteiger partial charge in [0.2, 0.25) is 0 Å². The summed E-state index contributed by atoms with van der Waals surface area (Å²) in [6.07, 6.45) is 1.89. The highest BCUT2D eigenvalue weighted by molar-refractivity contribution is 6.07. The van der Waals surface area contributed by atoms with Gasteiger partial charge < -0.3 is 10.2 Å². The number of rotatable bonds is 2. The summed E-state index contributed by atoms with van der Waals surface area (Å²) in [5, 5.41) is 23.6. The summed E-state index contributed by atoms with van der Waals surface area (Å²) < 4.78 is 1.58. The van der Waals surface area contributed by atoms with E-state index < -0.39 is 0 Å². The standard InChI is InChI=1S/C13H12N2O3/c16-6-9-3-8-4-12-13(18)1-2-14-15(12)11(8)5-10(9)7-17/h2-5,16-17H,1,6-7H2. The maximum absolute atomic E-state index is 11.8. The second kappa shape index (κ2) is 4.04. The van der Waals surface area contributed by atoms with Crippen molar-refractivity contribution in [3.8, 4) is 0 Å². The van der Waals surface area contributed by atoms with Crippen LogP contribution in [0.3, 0.4) is 0 Å². The molecule has 1 aromatic heterocycles. The van der Waals surface area contributed by atoms with Crippen molar-refractivity contribution in [1.82, 2.24) is 4.68 Å². The van der Waals surface area contributed by atoms with Crippen LogP contribution in [0.1, 0.15) is 28.0 Å². The van der Waals surface area contributed by atoms with Crippen molar-refractivity contribution < 1.29 is 15.0 Å². The number of aliphatic hydroxyl groups is 2. The van der Waals surface area contributed by atoms with Crippen LogP contribution in [-0.4, -0.2) is 26.9 Å². The number of aromatic nitrogens is 1. The van der Waals surface area contributed by atoms with Gasteiger partial charge in [-0.05, 0) is 29.3 Å². The molecule has 2 N–H and O–H groups in total. The van der Waals surface area contributed by atoms with Gasteiger partial charge in [-0.2, -0.15) is 5.10 Å². The smallest absolute Gasteiger partial charge is 0.186 e. The van der Waals surface area contributed by atoms with E-state index in [0.29, 0.717) is 23.2 Å². The van der Waals surface area contributed by atoms with Crippen LogP contribution in [-0.2, 0) is 13.2 Å². The Morgan fingerprint density at radius 2 is 1.89 bits per heavy atom. The van der Waals surface area contributed by atoms with Gasteiger partial charge in [0, 0.05) is 18.0 Å². The molecule has 0 radical (unpaired) electrons. The first-order valence-corrected chi connectivity index (χ1v) is 5.69. The lowest BCUT2D eigenvalue weighted by Crippen LogP contribution is -2.11. The first-order valence-electron chi connectivity index (χ1n) is 5.69. The van der Waals surface area contributed by atoms with E-state index in [-0.39, 0.29) is 19.0 Å². The Morgan fingerprint density at radius 3 is 2.61 bits per heavy atom. The zero-order valence-corrected chi connectivity index (χ0v) is 9.63. The fourth-order valence-electron chi connectivity index (χ4n) is 2.26. The van der Waals surface area contributed by atoms with Crippen LogP contribution in [0.4, 0.5) is 0 Å². The highest BCUT2D eigenvalue weighted by Gasteiger charge is 2.18. The molecule has 5 heteroatoms. The number of aliphatic hydroxyl groups excluding tert-OH is 2. The van der Waals surface area contributed by atoms with Gasteiger partial charge >= 0.3 is 0 Å². The summed E-state index contributed by atoms with van der Waals surface area (Å²) in [7, 11) is 0. The third-order valence-electron chi connectivity index (χ3n) is 3.20. The van der Waals surface area contributed by atoms with Gasteiger partial charge in [-0.15, -0.1) is 0 Å². The van der Waals surface area contributed by atoms with Crippen molar-refractivity contribution in [2.45, 2.75) is 19.6 Å². The van der Waals surface area contributed by atoms with Crippen molar-refractivity contribution in [2.75, 3.05) is 0 Å². The van der Waals surface area contributed by atoms with Crippen molar-refractivity contribution >= 4 is 22.9 Å². The molecule has 1 aliphatic rings. The highest BCUT2D eigenvalue weighted by Crippen LogP contribution is 2.26. The van der Waals surface area contributed by atoms with Crippen LogP contribution in [0.2, 0.25) is 0 Å². The predicted octanol–water partition coefficient (Wildman–Crippen LogP) is 1.05. The van der Waals surface area contributed by atoms with Crippen LogP contribution >= 0.6 is 0 Å². The molecular formula is C13H12N2O3. The molecule has 0 atom stereocenters. The number of nitrogens with zero attached hydrogens (tertiary/aromatic N) is 2. The minimum Gasteiger partial charge on any atom is -0.392 e. The van der Waals surface area contributed by atoms with Gasteiger partial charge in [0.05, 0.1) is 18.7 Å². The second-order valence-corrected chi connectivity index (χ2v) is 4.26. The molecule has 0 aliphatic carbocycles. The highest BCUT2D eigenvalue weighted by atomic mass is 16.3. The van der Waals surface area contributed by atoms with E-state index in [2.05, 4.69) is 5.10 Å². The molecular weight excluding hydrogens is 232 g/mol. The van der Waals surface area contributed by atoms with Crippen molar-refractivity contribution in [3.63, 3.8) is 0 Å². The van der Waals surface area contributed by atoms with Crippen LogP contribution in [0.15, 0.2) is 23.3 Å². The van der Waals surface area contributed by atoms with Crippen LogP contribution in [0, 0.1) is 0 Å². The van der Waals surface area contributed by atoms with Gasteiger partial charge in [0.25, 0.3) is 0 Å². The molecule has 18 heavy (non-hydrogen) atoms. The lowest BCUT2D eigenvalue weighted by Gasteiger charge is -2.09. The molecule has 0 unspecified atom stereocenters. The fraction of sp³-hybridized carbons (Fsp3) is 0.231. The third kappa shape index (κ3) is 1.48. The number of hydrogen-bond donors (Lipinski definition) is 2. The fourth-order valence-corrected chi connectivity index (χ4v) is 2.26. The minimum absolute atomic E-state index is 0.0253. The molecule has 0 spiro atoms. The van der Waals surface area contributed by atoms with E-state index in [4.69, 9.17) is 0 Å². The Kier molecular flexibility index (Phi) is 2.50. The van der Waals surface area contributed by atoms with Crippen molar-refractivity contribution in [1.29, 1.82) is 0 Å². The molecule has 0 bridgehead atoms. The summed E-state index contributed by atoms with van der Waals surface area (Å²) in [4.78, 5) is 11.8. The molecule has 92 valence electrons. The maximum atomic E-state index is 11.8. The summed E-state index contributed by atoms with van der Waals surface area (Å²) in [6.45, 7) is -0.284. The topological polar surface area (TPSA) is 74.8 Å². The number of carbonyl (C=O) groups is 1. The zero-order chi connectivity index (χ0) is 12.7. The number of fused-ring (bicyclic) bond motifs is 3. The van der Waals surface area contributed by atoms with E-state index in [1.807, 2.05) is 0 Å². The molecule has 1 aromatic carbocycles. The number of hydrogen-bond acceptors (Lipinski definition) is 4. The second-order valence-electron chi connectivity index (χ2n) is 4.26. The van der Waals surface area contributed by atoms with E-state index >= 15 is 0 Å². The van der Waals surface area contributed by atoms with Gasteiger partial charge in [-0.3, -0.25) is 4.79 Å². The molecule has 0 fully saturated rings. The summed E-state index contributed by atoms with van der Waals surface area (Å²) in [5.41, 5.74) is 2.64. The largest absolute Gasteiger partial charge is 0.392 e. The molecule has 2 heterocycles. The molecule has 0 saturated carbocycles. The van der Waals surface area contributed by atoms with Crippen molar-refractivity contribution in [3.05, 3.63) is 35.0 Å². The number of carbonyl (C=O) groups excluding carboxylic acids is 1. The van der Waals surface area contributed by atoms with Gasteiger partial charge in [-0.25, -0.2) is 4.68 Å². The Bertz CT molecular complexity index is 670. The Balaban J connectivity index is 2.33. The summed E-state index contributed by atoms with van der Waals surface area (Å²) >= 11 is 0. The van der Waals surface area contributed by atoms with Gasteiger partial charge in [0.15, 0.2) is 5.78 Å². The van der Waals surface area contributed by atoms with Crippen LogP contribution in [0.25, 0.3) is 10.9 Å². The molecule has 0 amide bonds. The number of benzene rings is 1. The average molecular weight is 244 g/mol. The van der Waals surface area contributed by atoms with Gasteiger partial charge in [-0.1, -0.05) is 0 Å². The molecule has 3 rings (SSSR count). The third-order valence-corrected chi connectivity index (χ3v) is 3.20. The quantitative estimate of drug-likeness (QED) is 0.829. The minimum atomic E-state index is -0.149. The van der Waals surface area contributed by atoms with Gasteiger partial charge in [0.1, 0.15) is 5.69 Å². The lowest BCUT2D eigenvalue weighted by atomic mass is 10.1. The maximum Gasteiger partial charge on any atom is 0.186 e. The lowest BCUT2D eigenvalue weighted by molar-refractivity contribution is 0.0990. The average Bonchev–Trinajstić information content (AvgIpc) is 2.76. The molecule has 2 aromatic rings. The summed E-state index contributed by atoms with van der Waals surface area (Å²) in [5.74, 6) is 0.0253. The van der Waals surface area contributed by atoms with E-state index in [1.54, 1.807) is 29.1 Å². The number of ketones is 1. The molecule has 0 saturated heterocycles. The normalized spacial score (nSPS) is 14.2. The first-order chi connectivity index (χ1) is 8.74. The first kappa shape index (κ1) is 11.1. The van der Waals surface area contributed by atoms with Crippen molar-refractivity contribution in [2.24, 2.45) is 5.10 Å². The van der Waals surface area contributed by atoms with Crippen LogP contribution < -0.4 is 0 Å². The van der Waals surface area contributed by atoms with E-state index in [9.17, 15) is 15.0 Å².